The monoisotopic (exact) mass is 325 g/mol. The molecular formula is C20H15N5. The first kappa shape index (κ1) is 15.0. The van der Waals surface area contributed by atoms with Gasteiger partial charge in [-0.15, -0.1) is 0 Å². The number of fused-ring (bicyclic) bond motifs is 1. The molecular weight excluding hydrogens is 310 g/mol. The van der Waals surface area contributed by atoms with Crippen molar-refractivity contribution in [2.24, 2.45) is 0 Å². The Labute approximate surface area is 145 Å². The third-order valence-electron chi connectivity index (χ3n) is 4.02. The Balaban J connectivity index is 1.84. The van der Waals surface area contributed by atoms with Crippen molar-refractivity contribution in [2.75, 3.05) is 0 Å². The van der Waals surface area contributed by atoms with Gasteiger partial charge in [-0.25, -0.2) is 9.67 Å². The van der Waals surface area contributed by atoms with Gasteiger partial charge in [0.05, 0.1) is 35.6 Å². The molecule has 0 saturated heterocycles. The molecule has 5 heteroatoms. The number of aromatic nitrogens is 4. The molecule has 0 radical (unpaired) electrons. The Morgan fingerprint density at radius 1 is 1.04 bits per heavy atom. The fourth-order valence-corrected chi connectivity index (χ4v) is 2.83. The average Bonchev–Trinajstić information content (AvgIpc) is 3.05. The molecule has 0 unspecified atom stereocenters. The van der Waals surface area contributed by atoms with Gasteiger partial charge >= 0.3 is 0 Å². The average molecular weight is 325 g/mol. The van der Waals surface area contributed by atoms with Crippen molar-refractivity contribution in [1.82, 2.24) is 19.7 Å². The lowest BCUT2D eigenvalue weighted by atomic mass is 10.1. The third-order valence-corrected chi connectivity index (χ3v) is 4.02. The van der Waals surface area contributed by atoms with Gasteiger partial charge in [0, 0.05) is 16.6 Å². The Morgan fingerprint density at radius 3 is 2.76 bits per heavy atom. The topological polar surface area (TPSA) is 67.4 Å². The molecule has 3 aromatic heterocycles. The normalized spacial score (nSPS) is 10.7. The van der Waals surface area contributed by atoms with Crippen molar-refractivity contribution in [3.8, 4) is 23.1 Å². The zero-order valence-corrected chi connectivity index (χ0v) is 13.7. The fraction of sp³-hybridized carbons (Fsp3) is 0.100. The van der Waals surface area contributed by atoms with Gasteiger partial charge < -0.3 is 0 Å². The summed E-state index contributed by atoms with van der Waals surface area (Å²) >= 11 is 0. The highest BCUT2D eigenvalue weighted by atomic mass is 15.3. The van der Waals surface area contributed by atoms with Crippen LogP contribution in [0.4, 0.5) is 0 Å². The summed E-state index contributed by atoms with van der Waals surface area (Å²) in [7, 11) is 0. The second-order valence-electron chi connectivity index (χ2n) is 5.82. The first-order valence-corrected chi connectivity index (χ1v) is 8.00. The molecule has 0 amide bonds. The highest BCUT2D eigenvalue weighted by molar-refractivity contribution is 5.84. The minimum atomic E-state index is 0.307. The Bertz CT molecular complexity index is 1100. The molecule has 25 heavy (non-hydrogen) atoms. The van der Waals surface area contributed by atoms with E-state index in [0.29, 0.717) is 6.42 Å². The standard InChI is InChI=1S/C20H15N5/c1-14-4-2-7-20(23-14)25-19-12-15(8-9-16(19)13-22-25)18-6-3-5-17(24-18)10-11-21/h2-9,12-13H,10H2,1H3. The van der Waals surface area contributed by atoms with Crippen LogP contribution in [0.15, 0.2) is 60.8 Å². The van der Waals surface area contributed by atoms with Crippen LogP contribution in [0.1, 0.15) is 11.4 Å². The summed E-state index contributed by atoms with van der Waals surface area (Å²) < 4.78 is 1.84. The Morgan fingerprint density at radius 2 is 1.92 bits per heavy atom. The lowest BCUT2D eigenvalue weighted by molar-refractivity contribution is 0.867. The third kappa shape index (κ3) is 2.86. The van der Waals surface area contributed by atoms with Crippen molar-refractivity contribution in [2.45, 2.75) is 13.3 Å². The largest absolute Gasteiger partial charge is 0.252 e. The maximum absolute atomic E-state index is 8.87. The first-order valence-electron chi connectivity index (χ1n) is 8.00. The van der Waals surface area contributed by atoms with Crippen LogP contribution in [-0.2, 0) is 6.42 Å². The summed E-state index contributed by atoms with van der Waals surface area (Å²) in [6.07, 6.45) is 2.14. The van der Waals surface area contributed by atoms with E-state index in [1.54, 1.807) is 0 Å². The number of nitriles is 1. The quantitative estimate of drug-likeness (QED) is 0.573. The minimum Gasteiger partial charge on any atom is -0.252 e. The predicted molar refractivity (Wildman–Crippen MR) is 96.2 cm³/mol. The number of aryl methyl sites for hydroxylation is 1. The van der Waals surface area contributed by atoms with Crippen LogP contribution >= 0.6 is 0 Å². The number of pyridine rings is 2. The number of benzene rings is 1. The summed E-state index contributed by atoms with van der Waals surface area (Å²) in [6.45, 7) is 1.96. The van der Waals surface area contributed by atoms with E-state index in [9.17, 15) is 0 Å². The van der Waals surface area contributed by atoms with Crippen LogP contribution in [0.25, 0.3) is 28.0 Å². The van der Waals surface area contributed by atoms with Gasteiger partial charge in [-0.3, -0.25) is 4.98 Å². The number of rotatable bonds is 3. The van der Waals surface area contributed by atoms with E-state index >= 15 is 0 Å². The van der Waals surface area contributed by atoms with Gasteiger partial charge in [0.1, 0.15) is 0 Å². The maximum atomic E-state index is 8.87. The zero-order chi connectivity index (χ0) is 17.2. The molecule has 0 bridgehead atoms. The first-order chi connectivity index (χ1) is 12.2. The molecule has 0 N–H and O–H groups in total. The molecule has 0 atom stereocenters. The van der Waals surface area contributed by atoms with Crippen molar-refractivity contribution < 1.29 is 0 Å². The van der Waals surface area contributed by atoms with Gasteiger partial charge in [-0.1, -0.05) is 24.3 Å². The SMILES string of the molecule is Cc1cccc(-n2ncc3ccc(-c4cccc(CC#N)n4)cc32)n1. The van der Waals surface area contributed by atoms with E-state index in [1.807, 2.05) is 66.3 Å². The summed E-state index contributed by atoms with van der Waals surface area (Å²) in [4.78, 5) is 9.13. The smallest absolute Gasteiger partial charge is 0.154 e. The highest BCUT2D eigenvalue weighted by Crippen LogP contribution is 2.25. The molecule has 0 aliphatic heterocycles. The predicted octanol–water partition coefficient (Wildman–Crippen LogP) is 3.86. The summed E-state index contributed by atoms with van der Waals surface area (Å²) in [5.74, 6) is 0.790. The van der Waals surface area contributed by atoms with Crippen LogP contribution in [0.5, 0.6) is 0 Å². The van der Waals surface area contributed by atoms with Crippen molar-refractivity contribution in [3.63, 3.8) is 0 Å². The van der Waals surface area contributed by atoms with Gasteiger partial charge in [-0.2, -0.15) is 10.4 Å². The minimum absolute atomic E-state index is 0.307. The Hall–Kier alpha value is -3.52. The summed E-state index contributed by atoms with van der Waals surface area (Å²) in [6, 6.07) is 19.9. The van der Waals surface area contributed by atoms with Gasteiger partial charge in [-0.05, 0) is 37.3 Å². The molecule has 0 fully saturated rings. The number of hydrogen-bond acceptors (Lipinski definition) is 4. The van der Waals surface area contributed by atoms with E-state index in [1.165, 1.54) is 0 Å². The molecule has 120 valence electrons. The molecule has 4 rings (SSSR count). The van der Waals surface area contributed by atoms with Crippen LogP contribution in [0.3, 0.4) is 0 Å². The fourth-order valence-electron chi connectivity index (χ4n) is 2.83. The van der Waals surface area contributed by atoms with E-state index < -0.39 is 0 Å². The van der Waals surface area contributed by atoms with Crippen LogP contribution in [-0.4, -0.2) is 19.7 Å². The van der Waals surface area contributed by atoms with Gasteiger partial charge in [0.25, 0.3) is 0 Å². The van der Waals surface area contributed by atoms with Crippen LogP contribution < -0.4 is 0 Å². The van der Waals surface area contributed by atoms with E-state index in [4.69, 9.17) is 5.26 Å². The highest BCUT2D eigenvalue weighted by Gasteiger charge is 2.09. The van der Waals surface area contributed by atoms with E-state index in [0.717, 1.165) is 39.4 Å². The summed E-state index contributed by atoms with van der Waals surface area (Å²) in [5.41, 5.74) is 4.53. The maximum Gasteiger partial charge on any atom is 0.154 e. The lowest BCUT2D eigenvalue weighted by Crippen LogP contribution is -2.00. The van der Waals surface area contributed by atoms with Crippen LogP contribution in [0.2, 0.25) is 0 Å². The van der Waals surface area contributed by atoms with E-state index in [-0.39, 0.29) is 0 Å². The van der Waals surface area contributed by atoms with Crippen molar-refractivity contribution >= 4 is 10.9 Å². The zero-order valence-electron chi connectivity index (χ0n) is 13.7. The second-order valence-corrected chi connectivity index (χ2v) is 5.82. The summed E-state index contributed by atoms with van der Waals surface area (Å²) in [5, 5.41) is 14.4. The number of nitrogens with zero attached hydrogens (tertiary/aromatic N) is 5. The number of hydrogen-bond donors (Lipinski definition) is 0. The molecule has 0 spiro atoms. The molecule has 0 aliphatic carbocycles. The molecule has 1 aromatic carbocycles. The second kappa shape index (κ2) is 6.17. The van der Waals surface area contributed by atoms with Gasteiger partial charge in [0.2, 0.25) is 0 Å². The molecule has 0 saturated carbocycles. The lowest BCUT2D eigenvalue weighted by Gasteiger charge is -2.06. The van der Waals surface area contributed by atoms with Crippen LogP contribution in [0, 0.1) is 18.3 Å². The van der Waals surface area contributed by atoms with Crippen molar-refractivity contribution in [3.05, 3.63) is 72.2 Å². The molecule has 5 nitrogen and oxygen atoms in total. The van der Waals surface area contributed by atoms with E-state index in [2.05, 4.69) is 27.2 Å². The van der Waals surface area contributed by atoms with Crippen molar-refractivity contribution in [1.29, 1.82) is 5.26 Å². The van der Waals surface area contributed by atoms with Gasteiger partial charge in [0.15, 0.2) is 5.82 Å². The molecule has 3 heterocycles. The molecule has 4 aromatic rings. The Kier molecular flexibility index (Phi) is 3.71. The molecule has 0 aliphatic rings.